The zero-order valence-corrected chi connectivity index (χ0v) is 13.4. The molecule has 3 rings (SSSR count). The number of benzene rings is 1. The van der Waals surface area contributed by atoms with Gasteiger partial charge in [-0.25, -0.2) is 4.98 Å². The Labute approximate surface area is 138 Å². The molecule has 1 fully saturated rings. The van der Waals surface area contributed by atoms with E-state index in [1.54, 1.807) is 12.3 Å². The van der Waals surface area contributed by atoms with Crippen molar-refractivity contribution < 1.29 is 9.53 Å². The molecule has 0 saturated carbocycles. The number of hydrogen-bond acceptors (Lipinski definition) is 4. The Bertz CT molecular complexity index is 657. The molecule has 4 nitrogen and oxygen atoms in total. The highest BCUT2D eigenvalue weighted by Crippen LogP contribution is 2.30. The van der Waals surface area contributed by atoms with Crippen LogP contribution in [0.4, 0.5) is 0 Å². The minimum absolute atomic E-state index is 0.00728. The maximum Gasteiger partial charge on any atom is 0.256 e. The quantitative estimate of drug-likeness (QED) is 0.863. The minimum Gasteiger partial charge on any atom is -0.378 e. The van der Waals surface area contributed by atoms with Gasteiger partial charge >= 0.3 is 0 Å². The van der Waals surface area contributed by atoms with E-state index in [0.717, 1.165) is 4.90 Å². The van der Waals surface area contributed by atoms with Crippen molar-refractivity contribution in [1.82, 2.24) is 9.88 Å². The first-order valence-corrected chi connectivity index (χ1v) is 8.19. The number of ether oxygens (including phenoxy) is 1. The summed E-state index contributed by atoms with van der Waals surface area (Å²) in [6.45, 7) is 2.43. The lowest BCUT2D eigenvalue weighted by Crippen LogP contribution is -2.40. The molecule has 114 valence electrons. The van der Waals surface area contributed by atoms with Crippen LogP contribution in [0.2, 0.25) is 5.02 Å². The van der Waals surface area contributed by atoms with E-state index in [2.05, 4.69) is 4.98 Å². The summed E-state index contributed by atoms with van der Waals surface area (Å²) in [5.41, 5.74) is 0.629. The van der Waals surface area contributed by atoms with Gasteiger partial charge in [0.05, 0.1) is 18.8 Å². The van der Waals surface area contributed by atoms with E-state index < -0.39 is 0 Å². The van der Waals surface area contributed by atoms with E-state index in [1.165, 1.54) is 11.8 Å². The number of pyridine rings is 1. The topological polar surface area (TPSA) is 42.4 Å². The van der Waals surface area contributed by atoms with Crippen LogP contribution in [0.25, 0.3) is 0 Å². The second kappa shape index (κ2) is 7.13. The standard InChI is InChI=1S/C16H15ClN2O2S/c17-12-3-5-13(6-4-12)22-15-14(2-1-7-18-15)16(20)19-8-10-21-11-9-19/h1-7H,8-11H2. The fraction of sp³-hybridized carbons (Fsp3) is 0.250. The number of nitrogens with zero attached hydrogens (tertiary/aromatic N) is 2. The van der Waals surface area contributed by atoms with Crippen LogP contribution in [-0.4, -0.2) is 42.1 Å². The van der Waals surface area contributed by atoms with Crippen molar-refractivity contribution in [3.05, 3.63) is 53.2 Å². The molecule has 1 aliphatic rings. The number of amides is 1. The van der Waals surface area contributed by atoms with Gasteiger partial charge in [0, 0.05) is 29.2 Å². The van der Waals surface area contributed by atoms with Crippen LogP contribution in [0.15, 0.2) is 52.5 Å². The lowest BCUT2D eigenvalue weighted by molar-refractivity contribution is 0.0300. The van der Waals surface area contributed by atoms with Crippen LogP contribution < -0.4 is 0 Å². The third kappa shape index (κ3) is 3.61. The maximum atomic E-state index is 12.7. The molecule has 0 spiro atoms. The molecule has 1 aliphatic heterocycles. The summed E-state index contributed by atoms with van der Waals surface area (Å²) in [5, 5.41) is 1.40. The van der Waals surface area contributed by atoms with Gasteiger partial charge in [-0.1, -0.05) is 23.4 Å². The Morgan fingerprint density at radius 3 is 2.64 bits per heavy atom. The van der Waals surface area contributed by atoms with E-state index in [-0.39, 0.29) is 5.91 Å². The van der Waals surface area contributed by atoms with E-state index in [4.69, 9.17) is 16.3 Å². The van der Waals surface area contributed by atoms with E-state index in [1.807, 2.05) is 35.2 Å². The first kappa shape index (κ1) is 15.3. The van der Waals surface area contributed by atoms with Gasteiger partial charge in [-0.2, -0.15) is 0 Å². The molecule has 1 saturated heterocycles. The molecule has 0 N–H and O–H groups in total. The number of hydrogen-bond donors (Lipinski definition) is 0. The Balaban J connectivity index is 1.82. The number of halogens is 1. The summed E-state index contributed by atoms with van der Waals surface area (Å²) in [6.07, 6.45) is 1.70. The van der Waals surface area contributed by atoms with Crippen LogP contribution in [0.1, 0.15) is 10.4 Å². The maximum absolute atomic E-state index is 12.7. The van der Waals surface area contributed by atoms with Crippen molar-refractivity contribution in [2.75, 3.05) is 26.3 Å². The monoisotopic (exact) mass is 334 g/mol. The molecule has 1 amide bonds. The first-order chi connectivity index (χ1) is 10.7. The van der Waals surface area contributed by atoms with Gasteiger partial charge in [-0.3, -0.25) is 4.79 Å². The molecule has 1 aromatic carbocycles. The first-order valence-electron chi connectivity index (χ1n) is 6.99. The fourth-order valence-corrected chi connectivity index (χ4v) is 3.19. The predicted molar refractivity (Wildman–Crippen MR) is 86.5 cm³/mol. The summed E-state index contributed by atoms with van der Waals surface area (Å²) in [5.74, 6) is 0.00728. The molecule has 0 aliphatic carbocycles. The highest BCUT2D eigenvalue weighted by molar-refractivity contribution is 7.99. The third-order valence-corrected chi connectivity index (χ3v) is 4.61. The van der Waals surface area contributed by atoms with Crippen molar-refractivity contribution >= 4 is 29.3 Å². The highest BCUT2D eigenvalue weighted by Gasteiger charge is 2.21. The summed E-state index contributed by atoms with van der Waals surface area (Å²) in [4.78, 5) is 19.8. The van der Waals surface area contributed by atoms with Crippen LogP contribution >= 0.6 is 23.4 Å². The molecule has 1 aromatic heterocycles. The van der Waals surface area contributed by atoms with Gasteiger partial charge < -0.3 is 9.64 Å². The summed E-state index contributed by atoms with van der Waals surface area (Å²) < 4.78 is 5.30. The van der Waals surface area contributed by atoms with Gasteiger partial charge in [0.25, 0.3) is 5.91 Å². The summed E-state index contributed by atoms with van der Waals surface area (Å²) in [6, 6.07) is 11.1. The Morgan fingerprint density at radius 2 is 1.91 bits per heavy atom. The molecule has 0 unspecified atom stereocenters. The highest BCUT2D eigenvalue weighted by atomic mass is 35.5. The number of aromatic nitrogens is 1. The van der Waals surface area contributed by atoms with E-state index in [9.17, 15) is 4.79 Å². The smallest absolute Gasteiger partial charge is 0.256 e. The zero-order chi connectivity index (χ0) is 15.4. The SMILES string of the molecule is O=C(c1cccnc1Sc1ccc(Cl)cc1)N1CCOCC1. The molecule has 6 heteroatoms. The molecule has 2 heterocycles. The van der Waals surface area contributed by atoms with Gasteiger partial charge in [0.15, 0.2) is 0 Å². The minimum atomic E-state index is 0.00728. The Kier molecular flexibility index (Phi) is 4.97. The normalized spacial score (nSPS) is 14.9. The van der Waals surface area contributed by atoms with Crippen LogP contribution in [0.5, 0.6) is 0 Å². The van der Waals surface area contributed by atoms with Crippen molar-refractivity contribution in [3.8, 4) is 0 Å². The average Bonchev–Trinajstić information content (AvgIpc) is 2.58. The summed E-state index contributed by atoms with van der Waals surface area (Å²) in [7, 11) is 0. The number of rotatable bonds is 3. The number of carbonyl (C=O) groups excluding carboxylic acids is 1. The van der Waals surface area contributed by atoms with Crippen molar-refractivity contribution in [2.24, 2.45) is 0 Å². The number of carbonyl (C=O) groups is 1. The van der Waals surface area contributed by atoms with Crippen LogP contribution in [0, 0.1) is 0 Å². The van der Waals surface area contributed by atoms with Gasteiger partial charge in [0.1, 0.15) is 5.03 Å². The Hall–Kier alpha value is -1.56. The van der Waals surface area contributed by atoms with E-state index >= 15 is 0 Å². The largest absolute Gasteiger partial charge is 0.378 e. The van der Waals surface area contributed by atoms with Gasteiger partial charge in [-0.15, -0.1) is 0 Å². The molecule has 0 bridgehead atoms. The van der Waals surface area contributed by atoms with E-state index in [0.29, 0.717) is 41.9 Å². The molecule has 22 heavy (non-hydrogen) atoms. The second-order valence-corrected chi connectivity index (χ2v) is 6.32. The van der Waals surface area contributed by atoms with Crippen LogP contribution in [-0.2, 0) is 4.74 Å². The van der Waals surface area contributed by atoms with Crippen LogP contribution in [0.3, 0.4) is 0 Å². The summed E-state index contributed by atoms with van der Waals surface area (Å²) >= 11 is 7.37. The lowest BCUT2D eigenvalue weighted by Gasteiger charge is -2.27. The fourth-order valence-electron chi connectivity index (χ4n) is 2.19. The van der Waals surface area contributed by atoms with Crippen molar-refractivity contribution in [2.45, 2.75) is 9.92 Å². The predicted octanol–water partition coefficient (Wildman–Crippen LogP) is 3.36. The van der Waals surface area contributed by atoms with Gasteiger partial charge in [-0.05, 0) is 36.4 Å². The average molecular weight is 335 g/mol. The molecular formula is C16H15ClN2O2S. The van der Waals surface area contributed by atoms with Crippen molar-refractivity contribution in [1.29, 1.82) is 0 Å². The molecule has 0 radical (unpaired) electrons. The van der Waals surface area contributed by atoms with Crippen molar-refractivity contribution in [3.63, 3.8) is 0 Å². The van der Waals surface area contributed by atoms with Gasteiger partial charge in [0.2, 0.25) is 0 Å². The molecular weight excluding hydrogens is 320 g/mol. The number of morpholine rings is 1. The zero-order valence-electron chi connectivity index (χ0n) is 11.9. The second-order valence-electron chi connectivity index (χ2n) is 4.82. The third-order valence-electron chi connectivity index (χ3n) is 3.33. The molecule has 2 aromatic rings. The molecule has 0 atom stereocenters. The Morgan fingerprint density at radius 1 is 1.18 bits per heavy atom. The lowest BCUT2D eigenvalue weighted by atomic mass is 10.2.